The summed E-state index contributed by atoms with van der Waals surface area (Å²) in [7, 11) is 0. The molecule has 2 aliphatic rings. The molecule has 1 aromatic carbocycles. The number of hydrogen-bond donors (Lipinski definition) is 1. The number of hydrogen-bond acceptors (Lipinski definition) is 5. The normalized spacial score (nSPS) is 22.7. The lowest BCUT2D eigenvalue weighted by Gasteiger charge is -2.45. The Labute approximate surface area is 179 Å². The Morgan fingerprint density at radius 1 is 1.13 bits per heavy atom. The van der Waals surface area contributed by atoms with Crippen LogP contribution >= 0.6 is 0 Å². The number of carbonyl (C=O) groups is 2. The first-order chi connectivity index (χ1) is 14.2. The van der Waals surface area contributed by atoms with Gasteiger partial charge in [-0.15, -0.1) is 0 Å². The molecule has 7 heteroatoms. The molecule has 1 saturated heterocycles. The Hall–Kier alpha value is -2.25. The predicted molar refractivity (Wildman–Crippen MR) is 117 cm³/mol. The first-order valence-electron chi connectivity index (χ1n) is 10.8. The Balaban J connectivity index is 1.43. The average Bonchev–Trinajstić information content (AvgIpc) is 3.21. The molecule has 0 radical (unpaired) electrons. The molecule has 2 unspecified atom stereocenters. The molecular weight excluding hydrogens is 380 g/mol. The highest BCUT2D eigenvalue weighted by Gasteiger charge is 2.33. The lowest BCUT2D eigenvalue weighted by Crippen LogP contribution is -2.58. The third-order valence-corrected chi connectivity index (χ3v) is 5.76. The highest BCUT2D eigenvalue weighted by molar-refractivity contribution is 6.02. The number of amides is 2. The van der Waals surface area contributed by atoms with Gasteiger partial charge in [-0.1, -0.05) is 30.3 Å². The quantitative estimate of drug-likeness (QED) is 0.744. The summed E-state index contributed by atoms with van der Waals surface area (Å²) in [5.74, 6) is -0.205. The molecule has 1 N–H and O–H groups in total. The van der Waals surface area contributed by atoms with Crippen LogP contribution in [0.3, 0.4) is 0 Å². The molecule has 3 rings (SSSR count). The highest BCUT2D eigenvalue weighted by atomic mass is 16.5. The maximum absolute atomic E-state index is 12.5. The van der Waals surface area contributed by atoms with Gasteiger partial charge in [-0.05, 0) is 33.3 Å². The third-order valence-electron chi connectivity index (χ3n) is 5.76. The maximum atomic E-state index is 12.5. The van der Waals surface area contributed by atoms with Gasteiger partial charge < -0.3 is 10.1 Å². The van der Waals surface area contributed by atoms with Gasteiger partial charge in [0.05, 0.1) is 24.5 Å². The standard InChI is InChI=1S/C23H34N4O3/c1-17-14-26(15-18(2)30-17)23(3,4)16-24-21(28)10-11-22(29)27-13-12-20(25-27)19-8-6-5-7-9-19/h5-9,17-18H,10-16H2,1-4H3,(H,24,28). The molecule has 1 fully saturated rings. The van der Waals surface area contributed by atoms with Crippen molar-refractivity contribution in [2.45, 2.75) is 64.7 Å². The van der Waals surface area contributed by atoms with Crippen LogP contribution in [0.1, 0.15) is 52.5 Å². The average molecular weight is 415 g/mol. The predicted octanol–water partition coefficient (Wildman–Crippen LogP) is 2.41. The van der Waals surface area contributed by atoms with Crippen molar-refractivity contribution in [3.05, 3.63) is 35.9 Å². The van der Waals surface area contributed by atoms with Crippen LogP contribution in [0.4, 0.5) is 0 Å². The smallest absolute Gasteiger partial charge is 0.243 e. The van der Waals surface area contributed by atoms with Crippen LogP contribution in [0.2, 0.25) is 0 Å². The molecule has 164 valence electrons. The van der Waals surface area contributed by atoms with Crippen LogP contribution in [0.25, 0.3) is 0 Å². The van der Waals surface area contributed by atoms with Crippen molar-refractivity contribution in [1.82, 2.24) is 15.2 Å². The zero-order valence-corrected chi connectivity index (χ0v) is 18.6. The molecular formula is C23H34N4O3. The Morgan fingerprint density at radius 3 is 2.47 bits per heavy atom. The molecule has 2 amide bonds. The molecule has 2 aliphatic heterocycles. The minimum absolute atomic E-state index is 0.0998. The molecule has 1 aromatic rings. The van der Waals surface area contributed by atoms with Crippen molar-refractivity contribution >= 4 is 17.5 Å². The van der Waals surface area contributed by atoms with Gasteiger partial charge in [-0.2, -0.15) is 5.10 Å². The molecule has 7 nitrogen and oxygen atoms in total. The molecule has 0 saturated carbocycles. The van der Waals surface area contributed by atoms with Crippen molar-refractivity contribution in [3.63, 3.8) is 0 Å². The van der Waals surface area contributed by atoms with Crippen LogP contribution in [0.15, 0.2) is 35.4 Å². The third kappa shape index (κ3) is 5.89. The molecule has 0 bridgehead atoms. The van der Waals surface area contributed by atoms with Crippen molar-refractivity contribution in [2.24, 2.45) is 5.10 Å². The van der Waals surface area contributed by atoms with E-state index in [9.17, 15) is 9.59 Å². The van der Waals surface area contributed by atoms with Gasteiger partial charge in [0, 0.05) is 44.4 Å². The van der Waals surface area contributed by atoms with E-state index in [4.69, 9.17) is 4.74 Å². The number of carbonyl (C=O) groups excluding carboxylic acids is 2. The van der Waals surface area contributed by atoms with E-state index in [1.165, 1.54) is 5.01 Å². The molecule has 2 heterocycles. The van der Waals surface area contributed by atoms with E-state index < -0.39 is 0 Å². The number of morpholine rings is 1. The Bertz CT molecular complexity index is 768. The summed E-state index contributed by atoms with van der Waals surface area (Å²) in [6, 6.07) is 9.89. The van der Waals surface area contributed by atoms with Gasteiger partial charge in [-0.25, -0.2) is 5.01 Å². The molecule has 0 aromatic heterocycles. The number of nitrogens with one attached hydrogen (secondary N) is 1. The van der Waals surface area contributed by atoms with E-state index in [1.54, 1.807) is 0 Å². The zero-order valence-electron chi connectivity index (χ0n) is 18.6. The van der Waals surface area contributed by atoms with Crippen LogP contribution in [0.5, 0.6) is 0 Å². The summed E-state index contributed by atoms with van der Waals surface area (Å²) >= 11 is 0. The summed E-state index contributed by atoms with van der Waals surface area (Å²) < 4.78 is 5.80. The topological polar surface area (TPSA) is 74.2 Å². The summed E-state index contributed by atoms with van der Waals surface area (Å²) in [6.45, 7) is 11.2. The number of nitrogens with zero attached hydrogens (tertiary/aromatic N) is 3. The lowest BCUT2D eigenvalue weighted by atomic mass is 10.00. The molecule has 30 heavy (non-hydrogen) atoms. The minimum Gasteiger partial charge on any atom is -0.373 e. The minimum atomic E-state index is -0.171. The van der Waals surface area contributed by atoms with Crippen molar-refractivity contribution < 1.29 is 14.3 Å². The fourth-order valence-corrected chi connectivity index (χ4v) is 4.01. The fraction of sp³-hybridized carbons (Fsp3) is 0.609. The highest BCUT2D eigenvalue weighted by Crippen LogP contribution is 2.21. The van der Waals surface area contributed by atoms with Crippen LogP contribution in [-0.4, -0.2) is 71.4 Å². The first-order valence-corrected chi connectivity index (χ1v) is 10.8. The second kappa shape index (κ2) is 9.71. The van der Waals surface area contributed by atoms with Crippen molar-refractivity contribution in [2.75, 3.05) is 26.2 Å². The zero-order chi connectivity index (χ0) is 21.7. The van der Waals surface area contributed by atoms with E-state index >= 15 is 0 Å². The molecule has 0 spiro atoms. The van der Waals surface area contributed by atoms with Gasteiger partial charge in [0.1, 0.15) is 0 Å². The van der Waals surface area contributed by atoms with Gasteiger partial charge in [0.2, 0.25) is 11.8 Å². The van der Waals surface area contributed by atoms with E-state index in [0.717, 1.165) is 30.8 Å². The fourth-order valence-electron chi connectivity index (χ4n) is 4.01. The first kappa shape index (κ1) is 22.4. The van der Waals surface area contributed by atoms with Gasteiger partial charge in [0.15, 0.2) is 0 Å². The van der Waals surface area contributed by atoms with E-state index in [-0.39, 0.29) is 42.4 Å². The number of rotatable bonds is 7. The number of ether oxygens (including phenoxy) is 1. The summed E-state index contributed by atoms with van der Waals surface area (Å²) in [6.07, 6.45) is 1.46. The number of benzene rings is 1. The Morgan fingerprint density at radius 2 is 1.80 bits per heavy atom. The summed E-state index contributed by atoms with van der Waals surface area (Å²) in [5, 5.41) is 8.95. The largest absolute Gasteiger partial charge is 0.373 e. The van der Waals surface area contributed by atoms with Gasteiger partial charge in [-0.3, -0.25) is 14.5 Å². The SMILES string of the molecule is CC1CN(C(C)(C)CNC(=O)CCC(=O)N2CCC(c3ccccc3)=N2)CC(C)O1. The monoisotopic (exact) mass is 414 g/mol. The van der Waals surface area contributed by atoms with E-state index in [2.05, 4.69) is 43.0 Å². The van der Waals surface area contributed by atoms with E-state index in [0.29, 0.717) is 13.1 Å². The van der Waals surface area contributed by atoms with Crippen LogP contribution in [0, 0.1) is 0 Å². The van der Waals surface area contributed by atoms with Gasteiger partial charge in [0.25, 0.3) is 0 Å². The Kier molecular flexibility index (Phi) is 7.26. The second-order valence-electron chi connectivity index (χ2n) is 8.93. The summed E-state index contributed by atoms with van der Waals surface area (Å²) in [5.41, 5.74) is 1.79. The van der Waals surface area contributed by atoms with Crippen LogP contribution < -0.4 is 5.32 Å². The maximum Gasteiger partial charge on any atom is 0.243 e. The van der Waals surface area contributed by atoms with E-state index in [1.807, 2.05) is 30.3 Å². The van der Waals surface area contributed by atoms with Crippen molar-refractivity contribution in [1.29, 1.82) is 0 Å². The summed E-state index contributed by atoms with van der Waals surface area (Å²) in [4.78, 5) is 27.2. The van der Waals surface area contributed by atoms with Crippen molar-refractivity contribution in [3.8, 4) is 0 Å². The number of hydrazone groups is 1. The molecule has 2 atom stereocenters. The lowest BCUT2D eigenvalue weighted by molar-refractivity contribution is -0.133. The molecule has 0 aliphatic carbocycles. The second-order valence-corrected chi connectivity index (χ2v) is 8.93. The van der Waals surface area contributed by atoms with Crippen LogP contribution in [-0.2, 0) is 14.3 Å². The van der Waals surface area contributed by atoms with Gasteiger partial charge >= 0.3 is 0 Å².